The number of carbonyl (C=O) groups excluding carboxylic acids is 1. The van der Waals surface area contributed by atoms with Crippen LogP contribution in [0.5, 0.6) is 0 Å². The summed E-state index contributed by atoms with van der Waals surface area (Å²) >= 11 is 0. The molecule has 5 heteroatoms. The summed E-state index contributed by atoms with van der Waals surface area (Å²) in [7, 11) is 0. The van der Waals surface area contributed by atoms with Crippen molar-refractivity contribution in [1.29, 1.82) is 0 Å². The van der Waals surface area contributed by atoms with Crippen LogP contribution in [0.4, 0.5) is 4.39 Å². The topological polar surface area (TPSA) is 55.6 Å². The highest BCUT2D eigenvalue weighted by atomic mass is 19.1. The molecule has 1 aromatic rings. The van der Waals surface area contributed by atoms with E-state index in [1.54, 1.807) is 17.0 Å². The fraction of sp³-hybridized carbons (Fsp3) is 0.500. The molecule has 1 aliphatic heterocycles. The third-order valence-corrected chi connectivity index (χ3v) is 3.26. The van der Waals surface area contributed by atoms with Crippen LogP contribution in [-0.4, -0.2) is 36.6 Å². The fourth-order valence-corrected chi connectivity index (χ4v) is 2.23. The number of nitrogens with zero attached hydrogens (tertiary/aromatic N) is 1. The molecular weight excluding hydrogens is 247 g/mol. The number of benzene rings is 1. The van der Waals surface area contributed by atoms with Crippen molar-refractivity contribution in [2.45, 2.75) is 25.5 Å². The van der Waals surface area contributed by atoms with E-state index in [-0.39, 0.29) is 24.4 Å². The van der Waals surface area contributed by atoms with Crippen LogP contribution < -0.4 is 5.73 Å². The molecule has 0 aromatic heterocycles. The van der Waals surface area contributed by atoms with Crippen molar-refractivity contribution in [3.05, 3.63) is 35.6 Å². The van der Waals surface area contributed by atoms with Crippen LogP contribution >= 0.6 is 0 Å². The first-order valence-electron chi connectivity index (χ1n) is 6.53. The lowest BCUT2D eigenvalue weighted by Crippen LogP contribution is -2.40. The summed E-state index contributed by atoms with van der Waals surface area (Å²) in [6, 6.07) is 6.16. The van der Waals surface area contributed by atoms with Gasteiger partial charge in [0.15, 0.2) is 0 Å². The van der Waals surface area contributed by atoms with Crippen LogP contribution in [-0.2, 0) is 16.1 Å². The van der Waals surface area contributed by atoms with E-state index in [0.717, 1.165) is 25.0 Å². The molecule has 0 aliphatic carbocycles. The monoisotopic (exact) mass is 266 g/mol. The zero-order valence-electron chi connectivity index (χ0n) is 10.8. The molecule has 1 heterocycles. The highest BCUT2D eigenvalue weighted by Crippen LogP contribution is 2.15. The Kier molecular flexibility index (Phi) is 4.87. The Hall–Kier alpha value is -1.46. The second kappa shape index (κ2) is 6.63. The number of carbonyl (C=O) groups is 1. The molecule has 1 atom stereocenters. The fourth-order valence-electron chi connectivity index (χ4n) is 2.23. The van der Waals surface area contributed by atoms with Crippen molar-refractivity contribution in [1.82, 2.24) is 4.90 Å². The standard InChI is InChI=1S/C14H19FN2O2/c15-12-5-3-11(4-6-12)9-17(14(18)8-16)10-13-2-1-7-19-13/h3-6,13H,1-2,7-10,16H2. The van der Waals surface area contributed by atoms with Gasteiger partial charge in [-0.2, -0.15) is 0 Å². The van der Waals surface area contributed by atoms with E-state index in [2.05, 4.69) is 0 Å². The molecular formula is C14H19FN2O2. The normalized spacial score (nSPS) is 18.5. The van der Waals surface area contributed by atoms with Crippen molar-refractivity contribution in [2.75, 3.05) is 19.7 Å². The first-order chi connectivity index (χ1) is 9.19. The molecule has 0 saturated carbocycles. The zero-order valence-corrected chi connectivity index (χ0v) is 10.8. The van der Waals surface area contributed by atoms with Crippen molar-refractivity contribution >= 4 is 5.91 Å². The van der Waals surface area contributed by atoms with Gasteiger partial charge in [0.1, 0.15) is 5.82 Å². The zero-order chi connectivity index (χ0) is 13.7. The van der Waals surface area contributed by atoms with E-state index in [1.165, 1.54) is 12.1 Å². The van der Waals surface area contributed by atoms with Crippen LogP contribution in [0.3, 0.4) is 0 Å². The van der Waals surface area contributed by atoms with E-state index >= 15 is 0 Å². The van der Waals surface area contributed by atoms with Crippen LogP contribution in [0.2, 0.25) is 0 Å². The molecule has 2 N–H and O–H groups in total. The molecule has 0 spiro atoms. The molecule has 104 valence electrons. The summed E-state index contributed by atoms with van der Waals surface area (Å²) in [6.45, 7) is 1.73. The molecule has 4 nitrogen and oxygen atoms in total. The van der Waals surface area contributed by atoms with E-state index in [0.29, 0.717) is 13.1 Å². The Morgan fingerprint density at radius 2 is 2.16 bits per heavy atom. The van der Waals surface area contributed by atoms with Gasteiger partial charge < -0.3 is 15.4 Å². The van der Waals surface area contributed by atoms with Gasteiger partial charge in [-0.15, -0.1) is 0 Å². The number of nitrogens with two attached hydrogens (primary N) is 1. The smallest absolute Gasteiger partial charge is 0.236 e. The summed E-state index contributed by atoms with van der Waals surface area (Å²) in [5, 5.41) is 0. The highest BCUT2D eigenvalue weighted by Gasteiger charge is 2.21. The summed E-state index contributed by atoms with van der Waals surface area (Å²) in [5.41, 5.74) is 6.32. The van der Waals surface area contributed by atoms with Gasteiger partial charge in [-0.3, -0.25) is 4.79 Å². The van der Waals surface area contributed by atoms with E-state index in [1.807, 2.05) is 0 Å². The van der Waals surface area contributed by atoms with Crippen LogP contribution in [0, 0.1) is 5.82 Å². The predicted molar refractivity (Wildman–Crippen MR) is 69.8 cm³/mol. The molecule has 1 aliphatic rings. The Morgan fingerprint density at radius 3 is 2.74 bits per heavy atom. The summed E-state index contributed by atoms with van der Waals surface area (Å²) < 4.78 is 18.4. The first-order valence-corrected chi connectivity index (χ1v) is 6.53. The maximum absolute atomic E-state index is 12.9. The first kappa shape index (κ1) is 14.0. The van der Waals surface area contributed by atoms with Crippen LogP contribution in [0.15, 0.2) is 24.3 Å². The maximum Gasteiger partial charge on any atom is 0.236 e. The molecule has 19 heavy (non-hydrogen) atoms. The lowest BCUT2D eigenvalue weighted by atomic mass is 10.1. The second-order valence-corrected chi connectivity index (χ2v) is 4.74. The third kappa shape index (κ3) is 4.01. The van der Waals surface area contributed by atoms with Gasteiger partial charge in [0.05, 0.1) is 12.6 Å². The number of ether oxygens (including phenoxy) is 1. The largest absolute Gasteiger partial charge is 0.376 e. The van der Waals surface area contributed by atoms with E-state index in [9.17, 15) is 9.18 Å². The molecule has 1 amide bonds. The van der Waals surface area contributed by atoms with Gasteiger partial charge in [0.2, 0.25) is 5.91 Å². The number of rotatable bonds is 5. The maximum atomic E-state index is 12.9. The molecule has 1 aromatic carbocycles. The van der Waals surface area contributed by atoms with Crippen molar-refractivity contribution < 1.29 is 13.9 Å². The number of amides is 1. The molecule has 1 unspecified atom stereocenters. The lowest BCUT2D eigenvalue weighted by Gasteiger charge is -2.25. The summed E-state index contributed by atoms with van der Waals surface area (Å²) in [6.07, 6.45) is 2.10. The van der Waals surface area contributed by atoms with E-state index in [4.69, 9.17) is 10.5 Å². The lowest BCUT2D eigenvalue weighted by molar-refractivity contribution is -0.131. The summed E-state index contributed by atoms with van der Waals surface area (Å²) in [4.78, 5) is 13.5. The average molecular weight is 266 g/mol. The van der Waals surface area contributed by atoms with Gasteiger partial charge in [0, 0.05) is 19.7 Å². The molecule has 1 saturated heterocycles. The van der Waals surface area contributed by atoms with Crippen LogP contribution in [0.1, 0.15) is 18.4 Å². The molecule has 1 fully saturated rings. The van der Waals surface area contributed by atoms with E-state index < -0.39 is 0 Å². The van der Waals surface area contributed by atoms with Crippen molar-refractivity contribution in [3.63, 3.8) is 0 Å². The Morgan fingerprint density at radius 1 is 1.42 bits per heavy atom. The molecule has 0 radical (unpaired) electrons. The quantitative estimate of drug-likeness (QED) is 0.873. The molecule has 0 bridgehead atoms. The van der Waals surface area contributed by atoms with Crippen molar-refractivity contribution in [2.24, 2.45) is 5.73 Å². The number of hydrogen-bond acceptors (Lipinski definition) is 3. The van der Waals surface area contributed by atoms with Gasteiger partial charge in [-0.1, -0.05) is 12.1 Å². The number of halogens is 1. The van der Waals surface area contributed by atoms with Crippen molar-refractivity contribution in [3.8, 4) is 0 Å². The van der Waals surface area contributed by atoms with Crippen LogP contribution in [0.25, 0.3) is 0 Å². The van der Waals surface area contributed by atoms with Gasteiger partial charge >= 0.3 is 0 Å². The minimum absolute atomic E-state index is 0.0199. The Bertz CT molecular complexity index is 416. The second-order valence-electron chi connectivity index (χ2n) is 4.74. The Labute approximate surface area is 112 Å². The van der Waals surface area contributed by atoms with Gasteiger partial charge in [-0.05, 0) is 30.5 Å². The average Bonchev–Trinajstić information content (AvgIpc) is 2.92. The van der Waals surface area contributed by atoms with Gasteiger partial charge in [-0.25, -0.2) is 4.39 Å². The predicted octanol–water partition coefficient (Wildman–Crippen LogP) is 1.29. The molecule has 2 rings (SSSR count). The minimum atomic E-state index is -0.278. The SMILES string of the molecule is NCC(=O)N(Cc1ccc(F)cc1)CC1CCCO1. The Balaban J connectivity index is 2.00. The van der Waals surface area contributed by atoms with Gasteiger partial charge in [0.25, 0.3) is 0 Å². The third-order valence-electron chi connectivity index (χ3n) is 3.26. The number of hydrogen-bond donors (Lipinski definition) is 1. The summed E-state index contributed by atoms with van der Waals surface area (Å²) in [5.74, 6) is -0.389. The highest BCUT2D eigenvalue weighted by molar-refractivity contribution is 5.78. The minimum Gasteiger partial charge on any atom is -0.376 e.